The molecule has 6 heteroatoms. The fraction of sp³-hybridized carbons (Fsp3) is 0.385. The van der Waals surface area contributed by atoms with Gasteiger partial charge in [0.1, 0.15) is 5.01 Å². The Balaban J connectivity index is 2.03. The van der Waals surface area contributed by atoms with Crippen LogP contribution in [0.4, 0.5) is 0 Å². The number of carboxylic acids is 1. The summed E-state index contributed by atoms with van der Waals surface area (Å²) in [6.07, 6.45) is 2.80. The quantitative estimate of drug-likeness (QED) is 0.852. The molecule has 0 fully saturated rings. The zero-order valence-corrected chi connectivity index (χ0v) is 12.3. The van der Waals surface area contributed by atoms with Gasteiger partial charge in [-0.05, 0) is 24.4 Å². The van der Waals surface area contributed by atoms with Gasteiger partial charge in [0.2, 0.25) is 0 Å². The summed E-state index contributed by atoms with van der Waals surface area (Å²) in [4.78, 5) is 19.4. The van der Waals surface area contributed by atoms with Gasteiger partial charge in [0.15, 0.2) is 0 Å². The number of nitrogens with zero attached hydrogens (tertiary/aromatic N) is 2. The molecule has 0 saturated carbocycles. The van der Waals surface area contributed by atoms with Crippen LogP contribution in [0.1, 0.15) is 18.2 Å². The first-order valence-electron chi connectivity index (χ1n) is 6.11. The van der Waals surface area contributed by atoms with Crippen LogP contribution in [0.25, 0.3) is 9.88 Å². The van der Waals surface area contributed by atoms with Gasteiger partial charge in [-0.15, -0.1) is 22.7 Å². The maximum Gasteiger partial charge on any atom is 0.317 e. The monoisotopic (exact) mass is 296 g/mol. The van der Waals surface area contributed by atoms with E-state index in [4.69, 9.17) is 5.11 Å². The molecular formula is C13H16N2O2S2. The van der Waals surface area contributed by atoms with Crippen LogP contribution in [0.3, 0.4) is 0 Å². The van der Waals surface area contributed by atoms with Gasteiger partial charge in [-0.3, -0.25) is 9.69 Å². The van der Waals surface area contributed by atoms with Crippen molar-refractivity contribution in [3.8, 4) is 9.88 Å². The van der Waals surface area contributed by atoms with Crippen LogP contribution < -0.4 is 0 Å². The lowest BCUT2D eigenvalue weighted by Crippen LogP contribution is -2.29. The number of aromatic nitrogens is 1. The van der Waals surface area contributed by atoms with Crippen LogP contribution in [0, 0.1) is 0 Å². The number of thiophene rings is 1. The molecule has 0 aromatic carbocycles. The summed E-state index contributed by atoms with van der Waals surface area (Å²) in [6.45, 7) is 3.58. The Kier molecular flexibility index (Phi) is 5.07. The van der Waals surface area contributed by atoms with E-state index < -0.39 is 5.97 Å². The highest BCUT2D eigenvalue weighted by atomic mass is 32.1. The second-order valence-corrected chi connectivity index (χ2v) is 6.28. The molecule has 0 amide bonds. The van der Waals surface area contributed by atoms with E-state index in [0.717, 1.165) is 27.7 Å². The Bertz CT molecular complexity index is 522. The highest BCUT2D eigenvalue weighted by Crippen LogP contribution is 2.29. The number of thiazole rings is 1. The molecule has 0 spiro atoms. The van der Waals surface area contributed by atoms with Gasteiger partial charge >= 0.3 is 5.97 Å². The first-order valence-corrected chi connectivity index (χ1v) is 7.81. The van der Waals surface area contributed by atoms with E-state index in [2.05, 4.69) is 11.9 Å². The summed E-state index contributed by atoms with van der Waals surface area (Å²) in [5.41, 5.74) is 0. The second-order valence-electron chi connectivity index (χ2n) is 4.21. The fourth-order valence-corrected chi connectivity index (χ4v) is 3.60. The Morgan fingerprint density at radius 1 is 1.53 bits per heavy atom. The van der Waals surface area contributed by atoms with Crippen LogP contribution >= 0.6 is 22.7 Å². The van der Waals surface area contributed by atoms with Gasteiger partial charge < -0.3 is 5.11 Å². The number of carbonyl (C=O) groups is 1. The number of hydrogen-bond acceptors (Lipinski definition) is 5. The van der Waals surface area contributed by atoms with Gasteiger partial charge in [-0.2, -0.15) is 0 Å². The van der Waals surface area contributed by atoms with E-state index in [1.807, 2.05) is 28.6 Å². The largest absolute Gasteiger partial charge is 0.480 e. The average Bonchev–Trinajstić information content (AvgIpc) is 2.97. The lowest BCUT2D eigenvalue weighted by molar-refractivity contribution is -0.138. The number of carboxylic acid groups (broad SMARTS) is 1. The van der Waals surface area contributed by atoms with Crippen molar-refractivity contribution < 1.29 is 9.90 Å². The molecule has 0 saturated heterocycles. The molecule has 0 atom stereocenters. The Labute approximate surface area is 120 Å². The Morgan fingerprint density at radius 2 is 2.37 bits per heavy atom. The van der Waals surface area contributed by atoms with Crippen molar-refractivity contribution in [2.75, 3.05) is 13.1 Å². The van der Waals surface area contributed by atoms with E-state index in [1.54, 1.807) is 22.7 Å². The number of hydrogen-bond donors (Lipinski definition) is 1. The molecule has 0 bridgehead atoms. The molecule has 2 aromatic rings. The number of aliphatic carboxylic acids is 1. The molecule has 19 heavy (non-hydrogen) atoms. The molecular weight excluding hydrogens is 280 g/mol. The van der Waals surface area contributed by atoms with E-state index >= 15 is 0 Å². The van der Waals surface area contributed by atoms with Crippen molar-refractivity contribution >= 4 is 28.6 Å². The maximum absolute atomic E-state index is 10.8. The topological polar surface area (TPSA) is 53.4 Å². The van der Waals surface area contributed by atoms with Crippen LogP contribution in [0.2, 0.25) is 0 Å². The first-order chi connectivity index (χ1) is 9.19. The van der Waals surface area contributed by atoms with Crippen LogP contribution in [-0.2, 0) is 11.3 Å². The summed E-state index contributed by atoms with van der Waals surface area (Å²) < 4.78 is 0. The van der Waals surface area contributed by atoms with Crippen LogP contribution in [0.5, 0.6) is 0 Å². The first kappa shape index (κ1) is 14.2. The van der Waals surface area contributed by atoms with Gasteiger partial charge in [0.25, 0.3) is 0 Å². The Hall–Kier alpha value is -1.24. The maximum atomic E-state index is 10.8. The predicted octanol–water partition coefficient (Wildman–Crippen LogP) is 3.17. The van der Waals surface area contributed by atoms with Crippen LogP contribution in [-0.4, -0.2) is 34.0 Å². The molecule has 0 aliphatic rings. The summed E-state index contributed by atoms with van der Waals surface area (Å²) in [7, 11) is 0. The molecule has 2 rings (SSSR count). The van der Waals surface area contributed by atoms with Crippen molar-refractivity contribution in [3.05, 3.63) is 28.6 Å². The van der Waals surface area contributed by atoms with Crippen LogP contribution in [0.15, 0.2) is 23.7 Å². The van der Waals surface area contributed by atoms with Crippen molar-refractivity contribution in [2.24, 2.45) is 0 Å². The molecule has 2 heterocycles. The smallest absolute Gasteiger partial charge is 0.317 e. The lowest BCUT2D eigenvalue weighted by atomic mass is 10.3. The standard InChI is InChI=1S/C13H16N2O2S2/c1-2-5-15(9-12(16)17)8-10-7-14-13(19-10)11-4-3-6-18-11/h3-4,6-7H,2,5,8-9H2,1H3,(H,16,17). The molecule has 0 unspecified atom stereocenters. The highest BCUT2D eigenvalue weighted by molar-refractivity contribution is 7.20. The number of rotatable bonds is 7. The third kappa shape index (κ3) is 4.12. The predicted molar refractivity (Wildman–Crippen MR) is 78.6 cm³/mol. The normalized spacial score (nSPS) is 11.1. The fourth-order valence-electron chi connectivity index (χ4n) is 1.84. The van der Waals surface area contributed by atoms with E-state index in [9.17, 15) is 4.79 Å². The molecule has 1 N–H and O–H groups in total. The van der Waals surface area contributed by atoms with Crippen molar-refractivity contribution in [2.45, 2.75) is 19.9 Å². The van der Waals surface area contributed by atoms with Gasteiger partial charge in [-0.25, -0.2) is 4.98 Å². The van der Waals surface area contributed by atoms with Crippen molar-refractivity contribution in [1.29, 1.82) is 0 Å². The third-order valence-electron chi connectivity index (χ3n) is 2.56. The van der Waals surface area contributed by atoms with E-state index in [0.29, 0.717) is 6.54 Å². The minimum Gasteiger partial charge on any atom is -0.480 e. The van der Waals surface area contributed by atoms with Gasteiger partial charge in [0, 0.05) is 17.6 Å². The van der Waals surface area contributed by atoms with Gasteiger partial charge in [0.05, 0.1) is 11.4 Å². The second kappa shape index (κ2) is 6.79. The third-order valence-corrected chi connectivity index (χ3v) is 4.58. The zero-order valence-electron chi connectivity index (χ0n) is 10.7. The SMILES string of the molecule is CCCN(CC(=O)O)Cc1cnc(-c2cccs2)s1. The summed E-state index contributed by atoms with van der Waals surface area (Å²) in [5.74, 6) is -0.781. The van der Waals surface area contributed by atoms with Crippen molar-refractivity contribution in [1.82, 2.24) is 9.88 Å². The highest BCUT2D eigenvalue weighted by Gasteiger charge is 2.12. The van der Waals surface area contributed by atoms with Crippen molar-refractivity contribution in [3.63, 3.8) is 0 Å². The summed E-state index contributed by atoms with van der Waals surface area (Å²) >= 11 is 3.31. The summed E-state index contributed by atoms with van der Waals surface area (Å²) in [6, 6.07) is 4.06. The molecule has 4 nitrogen and oxygen atoms in total. The Morgan fingerprint density at radius 3 is 3.00 bits per heavy atom. The minimum atomic E-state index is -0.781. The molecule has 2 aromatic heterocycles. The molecule has 0 aliphatic carbocycles. The lowest BCUT2D eigenvalue weighted by Gasteiger charge is -2.17. The van der Waals surface area contributed by atoms with E-state index in [1.165, 1.54) is 0 Å². The van der Waals surface area contributed by atoms with Gasteiger partial charge in [-0.1, -0.05) is 13.0 Å². The molecule has 102 valence electrons. The average molecular weight is 296 g/mol. The molecule has 0 aliphatic heterocycles. The molecule has 0 radical (unpaired) electrons. The zero-order chi connectivity index (χ0) is 13.7. The minimum absolute atomic E-state index is 0.0834. The van der Waals surface area contributed by atoms with E-state index in [-0.39, 0.29) is 6.54 Å². The summed E-state index contributed by atoms with van der Waals surface area (Å²) in [5, 5.41) is 11.9.